The van der Waals surface area contributed by atoms with Crippen LogP contribution < -0.4 is 5.32 Å². The monoisotopic (exact) mass is 281 g/mol. The van der Waals surface area contributed by atoms with Gasteiger partial charge in [-0.15, -0.1) is 0 Å². The maximum absolute atomic E-state index is 6.17. The molecule has 0 radical (unpaired) electrons. The Bertz CT molecular complexity index is 544. The third-order valence-corrected chi connectivity index (χ3v) is 3.27. The first-order valence-corrected chi connectivity index (χ1v) is 6.48. The number of nitrogens with one attached hydrogen (secondary N) is 1. The van der Waals surface area contributed by atoms with E-state index in [9.17, 15) is 0 Å². The molecule has 0 atom stereocenters. The van der Waals surface area contributed by atoms with Crippen LogP contribution in [0.5, 0.6) is 0 Å². The molecule has 1 aromatic carbocycles. The van der Waals surface area contributed by atoms with Crippen LogP contribution in [0.4, 0.5) is 5.82 Å². The molecule has 5 heteroatoms. The first-order valence-electron chi connectivity index (χ1n) is 5.72. The lowest BCUT2D eigenvalue weighted by atomic mass is 10.1. The van der Waals surface area contributed by atoms with Crippen LogP contribution in [0.25, 0.3) is 11.3 Å². The van der Waals surface area contributed by atoms with Crippen molar-refractivity contribution in [2.45, 2.75) is 13.3 Å². The van der Waals surface area contributed by atoms with Crippen molar-refractivity contribution < 1.29 is 0 Å². The zero-order valence-corrected chi connectivity index (χ0v) is 11.5. The van der Waals surface area contributed by atoms with Gasteiger partial charge in [0.1, 0.15) is 12.1 Å². The number of aromatic nitrogens is 2. The summed E-state index contributed by atoms with van der Waals surface area (Å²) in [5.74, 6) is 0.790. The summed E-state index contributed by atoms with van der Waals surface area (Å²) in [7, 11) is 0. The van der Waals surface area contributed by atoms with Gasteiger partial charge >= 0.3 is 0 Å². The SMILES string of the molecule is CCCNc1cc(-c2cccc(Cl)c2Cl)ncn1. The Morgan fingerprint density at radius 2 is 2.06 bits per heavy atom. The summed E-state index contributed by atoms with van der Waals surface area (Å²) in [4.78, 5) is 8.38. The van der Waals surface area contributed by atoms with Crippen molar-refractivity contribution in [1.29, 1.82) is 0 Å². The van der Waals surface area contributed by atoms with Crippen LogP contribution in [0.15, 0.2) is 30.6 Å². The molecule has 0 unspecified atom stereocenters. The Morgan fingerprint density at radius 1 is 1.22 bits per heavy atom. The van der Waals surface area contributed by atoms with Crippen molar-refractivity contribution in [1.82, 2.24) is 9.97 Å². The minimum absolute atomic E-state index is 0.513. The molecule has 0 amide bonds. The molecule has 1 aromatic heterocycles. The van der Waals surface area contributed by atoms with E-state index >= 15 is 0 Å². The molecule has 1 heterocycles. The van der Waals surface area contributed by atoms with Crippen molar-refractivity contribution in [3.63, 3.8) is 0 Å². The minimum atomic E-state index is 0.513. The van der Waals surface area contributed by atoms with E-state index in [1.807, 2.05) is 18.2 Å². The molecule has 0 fully saturated rings. The quantitative estimate of drug-likeness (QED) is 0.909. The van der Waals surface area contributed by atoms with E-state index in [1.165, 1.54) is 6.33 Å². The van der Waals surface area contributed by atoms with E-state index in [0.717, 1.165) is 30.0 Å². The summed E-state index contributed by atoms with van der Waals surface area (Å²) in [6, 6.07) is 7.36. The van der Waals surface area contributed by atoms with Crippen LogP contribution in [0, 0.1) is 0 Å². The van der Waals surface area contributed by atoms with Crippen LogP contribution in [-0.4, -0.2) is 16.5 Å². The molecular formula is C13H13Cl2N3. The van der Waals surface area contributed by atoms with Crippen LogP contribution in [0.1, 0.15) is 13.3 Å². The smallest absolute Gasteiger partial charge is 0.129 e. The summed E-state index contributed by atoms with van der Waals surface area (Å²) in [5.41, 5.74) is 1.57. The highest BCUT2D eigenvalue weighted by molar-refractivity contribution is 6.43. The molecule has 0 saturated heterocycles. The highest BCUT2D eigenvalue weighted by Gasteiger charge is 2.08. The maximum Gasteiger partial charge on any atom is 0.129 e. The molecule has 0 aliphatic carbocycles. The van der Waals surface area contributed by atoms with Crippen LogP contribution in [0.2, 0.25) is 10.0 Å². The predicted molar refractivity (Wildman–Crippen MR) is 76.3 cm³/mol. The average Bonchev–Trinajstić information content (AvgIpc) is 2.40. The van der Waals surface area contributed by atoms with Gasteiger partial charge in [0.15, 0.2) is 0 Å². The number of hydrogen-bond donors (Lipinski definition) is 1. The lowest BCUT2D eigenvalue weighted by molar-refractivity contribution is 0.965. The summed E-state index contributed by atoms with van der Waals surface area (Å²) >= 11 is 12.2. The Labute approximate surface area is 116 Å². The third kappa shape index (κ3) is 2.92. The number of benzene rings is 1. The van der Waals surface area contributed by atoms with Gasteiger partial charge in [-0.25, -0.2) is 9.97 Å². The van der Waals surface area contributed by atoms with E-state index in [4.69, 9.17) is 23.2 Å². The highest BCUT2D eigenvalue weighted by atomic mass is 35.5. The van der Waals surface area contributed by atoms with Crippen LogP contribution >= 0.6 is 23.2 Å². The zero-order valence-electron chi connectivity index (χ0n) is 9.95. The Kier molecular flexibility index (Phi) is 4.39. The number of halogens is 2. The highest BCUT2D eigenvalue weighted by Crippen LogP contribution is 2.32. The maximum atomic E-state index is 6.17. The van der Waals surface area contributed by atoms with Crippen molar-refractivity contribution in [3.05, 3.63) is 40.6 Å². The van der Waals surface area contributed by atoms with Crippen LogP contribution in [-0.2, 0) is 0 Å². The normalized spacial score (nSPS) is 10.4. The Balaban J connectivity index is 2.35. The zero-order chi connectivity index (χ0) is 13.0. The molecule has 94 valence electrons. The molecule has 18 heavy (non-hydrogen) atoms. The summed E-state index contributed by atoms with van der Waals surface area (Å²) in [5, 5.41) is 4.25. The molecule has 1 N–H and O–H groups in total. The molecule has 0 bridgehead atoms. The molecule has 0 aliphatic rings. The largest absolute Gasteiger partial charge is 0.370 e. The summed E-state index contributed by atoms with van der Waals surface area (Å²) in [6.07, 6.45) is 2.56. The fourth-order valence-corrected chi connectivity index (χ4v) is 1.95. The molecular weight excluding hydrogens is 269 g/mol. The van der Waals surface area contributed by atoms with Crippen molar-refractivity contribution in [2.75, 3.05) is 11.9 Å². The number of rotatable bonds is 4. The summed E-state index contributed by atoms with van der Waals surface area (Å²) in [6.45, 7) is 2.97. The lowest BCUT2D eigenvalue weighted by Gasteiger charge is -2.07. The standard InChI is InChI=1S/C13H13Cl2N3/c1-2-6-16-12-7-11(17-8-18-12)9-4-3-5-10(14)13(9)15/h3-5,7-8H,2,6H2,1H3,(H,16,17,18). The van der Waals surface area contributed by atoms with Gasteiger partial charge in [0.2, 0.25) is 0 Å². The fraction of sp³-hybridized carbons (Fsp3) is 0.231. The van der Waals surface area contributed by atoms with E-state index in [-0.39, 0.29) is 0 Å². The first kappa shape index (κ1) is 13.1. The van der Waals surface area contributed by atoms with Gasteiger partial charge in [0.25, 0.3) is 0 Å². The molecule has 0 saturated carbocycles. The van der Waals surface area contributed by atoms with E-state index in [0.29, 0.717) is 10.0 Å². The molecule has 2 rings (SSSR count). The Hall–Kier alpha value is -1.32. The molecule has 3 nitrogen and oxygen atoms in total. The van der Waals surface area contributed by atoms with Gasteiger partial charge in [-0.05, 0) is 12.5 Å². The number of hydrogen-bond acceptors (Lipinski definition) is 3. The van der Waals surface area contributed by atoms with E-state index < -0.39 is 0 Å². The third-order valence-electron chi connectivity index (χ3n) is 2.45. The minimum Gasteiger partial charge on any atom is -0.370 e. The fourth-order valence-electron chi connectivity index (χ4n) is 1.56. The van der Waals surface area contributed by atoms with Crippen molar-refractivity contribution >= 4 is 29.0 Å². The van der Waals surface area contributed by atoms with E-state index in [1.54, 1.807) is 6.07 Å². The van der Waals surface area contributed by atoms with Gasteiger partial charge in [-0.1, -0.05) is 42.3 Å². The van der Waals surface area contributed by atoms with Gasteiger partial charge in [0, 0.05) is 18.2 Å². The molecule has 2 aromatic rings. The lowest BCUT2D eigenvalue weighted by Crippen LogP contribution is -2.02. The topological polar surface area (TPSA) is 37.8 Å². The van der Waals surface area contributed by atoms with Crippen molar-refractivity contribution in [3.8, 4) is 11.3 Å². The second-order valence-electron chi connectivity index (χ2n) is 3.82. The number of anilines is 1. The second-order valence-corrected chi connectivity index (χ2v) is 4.60. The number of nitrogens with zero attached hydrogens (tertiary/aromatic N) is 2. The van der Waals surface area contributed by atoms with Gasteiger partial charge in [-0.3, -0.25) is 0 Å². The second kappa shape index (κ2) is 6.03. The van der Waals surface area contributed by atoms with Gasteiger partial charge in [-0.2, -0.15) is 0 Å². The van der Waals surface area contributed by atoms with Gasteiger partial charge in [0.05, 0.1) is 15.7 Å². The molecule has 0 spiro atoms. The van der Waals surface area contributed by atoms with Crippen molar-refractivity contribution in [2.24, 2.45) is 0 Å². The van der Waals surface area contributed by atoms with E-state index in [2.05, 4.69) is 22.2 Å². The Morgan fingerprint density at radius 3 is 2.83 bits per heavy atom. The van der Waals surface area contributed by atoms with Crippen LogP contribution in [0.3, 0.4) is 0 Å². The first-order chi connectivity index (χ1) is 8.72. The average molecular weight is 282 g/mol. The summed E-state index contributed by atoms with van der Waals surface area (Å²) < 4.78 is 0. The van der Waals surface area contributed by atoms with Gasteiger partial charge < -0.3 is 5.32 Å². The predicted octanol–water partition coefficient (Wildman–Crippen LogP) is 4.27. The molecule has 0 aliphatic heterocycles.